The summed E-state index contributed by atoms with van der Waals surface area (Å²) in [5.74, 6) is -0.300. The van der Waals surface area contributed by atoms with Gasteiger partial charge < -0.3 is 15.1 Å². The van der Waals surface area contributed by atoms with Gasteiger partial charge in [0.15, 0.2) is 5.78 Å². The fourth-order valence-electron chi connectivity index (χ4n) is 2.13. The average Bonchev–Trinajstić information content (AvgIpc) is 2.71. The Morgan fingerprint density at radius 3 is 2.68 bits per heavy atom. The number of ketones is 1. The second kappa shape index (κ2) is 9.25. The number of carboxylic acids is 1. The number of methoxy groups -OCH3 is 1. The molecule has 7 heteroatoms. The first-order valence-corrected chi connectivity index (χ1v) is 7.49. The molecule has 22 heavy (non-hydrogen) atoms. The van der Waals surface area contributed by atoms with Gasteiger partial charge in [-0.1, -0.05) is 18.0 Å². The zero-order valence-electron chi connectivity index (χ0n) is 12.4. The largest absolute Gasteiger partial charge is 0.501 e. The van der Waals surface area contributed by atoms with Crippen LogP contribution >= 0.6 is 11.6 Å². The summed E-state index contributed by atoms with van der Waals surface area (Å²) in [6.07, 6.45) is 8.02. The number of ether oxygens (including phenoxy) is 1. The van der Waals surface area contributed by atoms with E-state index in [2.05, 4.69) is 5.16 Å². The van der Waals surface area contributed by atoms with Crippen LogP contribution in [0, 0.1) is 0 Å². The molecule has 6 nitrogen and oxygen atoms in total. The lowest BCUT2D eigenvalue weighted by Crippen LogP contribution is -2.16. The Balaban J connectivity index is 0.000000235. The Morgan fingerprint density at radius 2 is 2.09 bits per heavy atom. The molecule has 0 bridgehead atoms. The van der Waals surface area contributed by atoms with Crippen molar-refractivity contribution in [3.8, 4) is 0 Å². The fourth-order valence-corrected chi connectivity index (χ4v) is 2.40. The van der Waals surface area contributed by atoms with Crippen molar-refractivity contribution in [2.24, 2.45) is 5.16 Å². The molecular weight excluding hydrogens is 310 g/mol. The zero-order chi connectivity index (χ0) is 16.5. The second-order valence-corrected chi connectivity index (χ2v) is 5.51. The molecule has 2 N–H and O–H groups in total. The molecule has 1 unspecified atom stereocenters. The van der Waals surface area contributed by atoms with Crippen molar-refractivity contribution < 1.29 is 24.6 Å². The molecular formula is C15H20ClNO5. The molecule has 1 atom stereocenters. The van der Waals surface area contributed by atoms with E-state index in [-0.39, 0.29) is 28.9 Å². The molecule has 0 radical (unpaired) electrons. The predicted molar refractivity (Wildman–Crippen MR) is 82.4 cm³/mol. The standard InChI is InChI=1S/C8H9NO4.C7H11ClO/c1-13-5-2-3-6(8(10)11)7(4-5)9-12;8-6-4-2-1-3-5-7(6)9/h2-3,12H,4H2,1H3,(H,10,11);6H,1-5H2. The highest BCUT2D eigenvalue weighted by Gasteiger charge is 2.20. The van der Waals surface area contributed by atoms with E-state index in [1.807, 2.05) is 0 Å². The highest BCUT2D eigenvalue weighted by molar-refractivity contribution is 6.31. The van der Waals surface area contributed by atoms with Gasteiger partial charge in [0, 0.05) is 6.42 Å². The number of halogens is 1. The Morgan fingerprint density at radius 1 is 1.36 bits per heavy atom. The molecule has 0 aliphatic heterocycles. The van der Waals surface area contributed by atoms with Crippen molar-refractivity contribution in [1.82, 2.24) is 0 Å². The van der Waals surface area contributed by atoms with E-state index in [0.717, 1.165) is 19.3 Å². The first-order chi connectivity index (χ1) is 10.5. The summed E-state index contributed by atoms with van der Waals surface area (Å²) < 4.78 is 4.88. The molecule has 2 rings (SSSR count). The van der Waals surface area contributed by atoms with Crippen LogP contribution in [0.5, 0.6) is 0 Å². The van der Waals surface area contributed by atoms with Gasteiger partial charge in [0.05, 0.1) is 24.5 Å². The van der Waals surface area contributed by atoms with E-state index in [0.29, 0.717) is 12.2 Å². The highest BCUT2D eigenvalue weighted by atomic mass is 35.5. The van der Waals surface area contributed by atoms with Crippen molar-refractivity contribution in [1.29, 1.82) is 0 Å². The maximum atomic E-state index is 10.9. The minimum Gasteiger partial charge on any atom is -0.501 e. The number of aliphatic carboxylic acids is 1. The molecule has 1 saturated carbocycles. The number of nitrogens with zero attached hydrogens (tertiary/aromatic N) is 1. The Bertz CT molecular complexity index is 510. The molecule has 2 aliphatic rings. The number of oxime groups is 1. The van der Waals surface area contributed by atoms with Crippen LogP contribution in [0.25, 0.3) is 0 Å². The van der Waals surface area contributed by atoms with E-state index in [1.54, 1.807) is 0 Å². The number of allylic oxidation sites excluding steroid dienone is 3. The SMILES string of the molecule is COC1=CC=C(C(=O)O)C(=NO)C1.O=C1CCCCCC1Cl. The van der Waals surface area contributed by atoms with Gasteiger partial charge in [0.1, 0.15) is 11.5 Å². The van der Waals surface area contributed by atoms with Gasteiger partial charge in [0.2, 0.25) is 0 Å². The maximum Gasteiger partial charge on any atom is 0.337 e. The van der Waals surface area contributed by atoms with Gasteiger partial charge in [-0.25, -0.2) is 4.79 Å². The van der Waals surface area contributed by atoms with Gasteiger partial charge in [-0.2, -0.15) is 0 Å². The fraction of sp³-hybridized carbons (Fsp3) is 0.533. The van der Waals surface area contributed by atoms with E-state index < -0.39 is 5.97 Å². The summed E-state index contributed by atoms with van der Waals surface area (Å²) in [7, 11) is 1.47. The summed E-state index contributed by atoms with van der Waals surface area (Å²) in [6, 6.07) is 0. The van der Waals surface area contributed by atoms with Crippen LogP contribution in [0.2, 0.25) is 0 Å². The number of rotatable bonds is 2. The number of carbonyl (C=O) groups is 2. The Kier molecular flexibility index (Phi) is 7.66. The van der Waals surface area contributed by atoms with Crippen LogP contribution in [0.15, 0.2) is 28.6 Å². The van der Waals surface area contributed by atoms with E-state index in [9.17, 15) is 9.59 Å². The molecule has 0 amide bonds. The number of Topliss-reactive ketones (excluding diaryl/α,β-unsaturated/α-hetero) is 1. The monoisotopic (exact) mass is 329 g/mol. The summed E-state index contributed by atoms with van der Waals surface area (Å²) >= 11 is 5.72. The number of alkyl halides is 1. The molecule has 0 aromatic heterocycles. The first-order valence-electron chi connectivity index (χ1n) is 7.05. The third-order valence-electron chi connectivity index (χ3n) is 3.43. The van der Waals surface area contributed by atoms with Crippen molar-refractivity contribution in [2.75, 3.05) is 7.11 Å². The molecule has 1 fully saturated rings. The second-order valence-electron chi connectivity index (χ2n) is 4.98. The third kappa shape index (κ3) is 5.52. The van der Waals surface area contributed by atoms with E-state index >= 15 is 0 Å². The van der Waals surface area contributed by atoms with Crippen molar-refractivity contribution in [3.63, 3.8) is 0 Å². The molecule has 2 aliphatic carbocycles. The van der Waals surface area contributed by atoms with Gasteiger partial charge in [0.25, 0.3) is 0 Å². The molecule has 0 aromatic carbocycles. The quantitative estimate of drug-likeness (QED) is 0.351. The summed E-state index contributed by atoms with van der Waals surface area (Å²) in [5, 5.41) is 19.9. The van der Waals surface area contributed by atoms with E-state index in [4.69, 9.17) is 26.7 Å². The highest BCUT2D eigenvalue weighted by Crippen LogP contribution is 2.18. The smallest absolute Gasteiger partial charge is 0.337 e. The number of hydrogen-bond donors (Lipinski definition) is 2. The van der Waals surface area contributed by atoms with E-state index in [1.165, 1.54) is 25.7 Å². The Hall–Kier alpha value is -1.82. The number of carboxylic acid groups (broad SMARTS) is 1. The lowest BCUT2D eigenvalue weighted by atomic mass is 10.0. The average molecular weight is 330 g/mol. The first kappa shape index (κ1) is 18.2. The van der Waals surface area contributed by atoms with Crippen LogP contribution < -0.4 is 0 Å². The number of hydrogen-bond acceptors (Lipinski definition) is 5. The molecule has 0 saturated heterocycles. The van der Waals surface area contributed by atoms with Crippen LogP contribution in [0.4, 0.5) is 0 Å². The lowest BCUT2D eigenvalue weighted by Gasteiger charge is -2.11. The number of carbonyl (C=O) groups excluding carboxylic acids is 1. The van der Waals surface area contributed by atoms with Crippen molar-refractivity contribution in [3.05, 3.63) is 23.5 Å². The molecule has 122 valence electrons. The molecule has 0 aromatic rings. The third-order valence-corrected chi connectivity index (χ3v) is 3.89. The normalized spacial score (nSPS) is 23.6. The summed E-state index contributed by atoms with van der Waals surface area (Å²) in [4.78, 5) is 21.5. The van der Waals surface area contributed by atoms with Crippen molar-refractivity contribution in [2.45, 2.75) is 43.9 Å². The van der Waals surface area contributed by atoms with Gasteiger partial charge in [-0.3, -0.25) is 4.79 Å². The van der Waals surface area contributed by atoms with Crippen LogP contribution in [0.3, 0.4) is 0 Å². The maximum absolute atomic E-state index is 10.9. The Labute approximate surface area is 134 Å². The predicted octanol–water partition coefficient (Wildman–Crippen LogP) is 2.89. The van der Waals surface area contributed by atoms with Crippen LogP contribution in [-0.2, 0) is 14.3 Å². The van der Waals surface area contributed by atoms with Gasteiger partial charge in [-0.05, 0) is 25.0 Å². The summed E-state index contributed by atoms with van der Waals surface area (Å²) in [6.45, 7) is 0. The van der Waals surface area contributed by atoms with Crippen LogP contribution in [-0.4, -0.2) is 40.3 Å². The minimum absolute atomic E-state index is 0.0108. The van der Waals surface area contributed by atoms with Crippen LogP contribution in [0.1, 0.15) is 38.5 Å². The topological polar surface area (TPSA) is 96.2 Å². The zero-order valence-corrected chi connectivity index (χ0v) is 13.2. The molecule has 0 heterocycles. The summed E-state index contributed by atoms with van der Waals surface area (Å²) in [5.41, 5.74) is 0.0927. The lowest BCUT2D eigenvalue weighted by molar-refractivity contribution is -0.132. The molecule has 0 spiro atoms. The minimum atomic E-state index is -1.11. The van der Waals surface area contributed by atoms with Gasteiger partial charge >= 0.3 is 5.97 Å². The van der Waals surface area contributed by atoms with Crippen molar-refractivity contribution >= 4 is 29.1 Å². The van der Waals surface area contributed by atoms with Gasteiger partial charge in [-0.15, -0.1) is 11.6 Å².